The van der Waals surface area contributed by atoms with Crippen molar-refractivity contribution in [2.45, 2.75) is 26.8 Å². The largest absolute Gasteiger partial charge is 0.493 e. The molecule has 156 valence electrons. The summed E-state index contributed by atoms with van der Waals surface area (Å²) in [6, 6.07) is 13.0. The number of nitro groups is 1. The van der Waals surface area contributed by atoms with E-state index < -0.39 is 4.92 Å². The number of para-hydroxylation sites is 2. The van der Waals surface area contributed by atoms with E-state index >= 15 is 0 Å². The van der Waals surface area contributed by atoms with Gasteiger partial charge in [-0.2, -0.15) is 5.10 Å². The van der Waals surface area contributed by atoms with Crippen LogP contribution >= 0.6 is 0 Å². The number of carbonyl (C=O) groups excluding carboxylic acids is 1. The third-order valence-corrected chi connectivity index (χ3v) is 4.34. The first-order valence-electron chi connectivity index (χ1n) is 9.27. The number of hydrogen-bond donors (Lipinski definition) is 1. The molecule has 30 heavy (non-hydrogen) atoms. The highest BCUT2D eigenvalue weighted by Crippen LogP contribution is 2.34. The molecule has 0 radical (unpaired) electrons. The van der Waals surface area contributed by atoms with Crippen molar-refractivity contribution >= 4 is 17.3 Å². The zero-order chi connectivity index (χ0) is 21.7. The van der Waals surface area contributed by atoms with Crippen molar-refractivity contribution in [1.29, 1.82) is 0 Å². The van der Waals surface area contributed by atoms with Crippen LogP contribution in [-0.2, 0) is 11.3 Å². The summed E-state index contributed by atoms with van der Waals surface area (Å²) in [5.41, 5.74) is 1.91. The number of nitrogens with zero attached hydrogens (tertiary/aromatic N) is 3. The summed E-state index contributed by atoms with van der Waals surface area (Å²) in [6.45, 7) is 4.21. The second kappa shape index (κ2) is 9.08. The number of carbonyl (C=O) groups is 1. The van der Waals surface area contributed by atoms with Crippen molar-refractivity contribution in [1.82, 2.24) is 9.78 Å². The van der Waals surface area contributed by atoms with Gasteiger partial charge in [-0.3, -0.25) is 19.6 Å². The van der Waals surface area contributed by atoms with E-state index in [1.807, 2.05) is 19.9 Å². The van der Waals surface area contributed by atoms with Gasteiger partial charge in [0.2, 0.25) is 5.91 Å². The van der Waals surface area contributed by atoms with Gasteiger partial charge in [0.05, 0.1) is 29.5 Å². The molecule has 0 spiro atoms. The number of methoxy groups -OCH3 is 1. The van der Waals surface area contributed by atoms with Gasteiger partial charge in [-0.15, -0.1) is 0 Å². The highest BCUT2D eigenvalue weighted by molar-refractivity contribution is 5.91. The zero-order valence-electron chi connectivity index (χ0n) is 16.9. The second-order valence-electron chi connectivity index (χ2n) is 6.67. The summed E-state index contributed by atoms with van der Waals surface area (Å²) in [5.74, 6) is 0.815. The van der Waals surface area contributed by atoms with Crippen LogP contribution in [0.5, 0.6) is 17.2 Å². The van der Waals surface area contributed by atoms with E-state index in [0.29, 0.717) is 18.0 Å². The van der Waals surface area contributed by atoms with Crippen molar-refractivity contribution in [3.8, 4) is 17.2 Å². The Morgan fingerprint density at radius 3 is 2.53 bits per heavy atom. The molecular formula is C21H22N4O5. The molecule has 1 N–H and O–H groups in total. The summed E-state index contributed by atoms with van der Waals surface area (Å²) in [6.07, 6.45) is 0.174. The SMILES string of the molecule is COc1ccccc1Oc1cc(NC(=O)CCn2nc(C)cc2C)cc([N+](=O)[O-])c1. The lowest BCUT2D eigenvalue weighted by molar-refractivity contribution is -0.384. The Kier molecular flexibility index (Phi) is 6.31. The number of nitro benzene ring substituents is 1. The highest BCUT2D eigenvalue weighted by Gasteiger charge is 2.15. The van der Waals surface area contributed by atoms with E-state index in [4.69, 9.17) is 9.47 Å². The molecule has 1 amide bonds. The second-order valence-corrected chi connectivity index (χ2v) is 6.67. The molecule has 3 aromatic rings. The minimum absolute atomic E-state index is 0.174. The molecule has 9 heteroatoms. The Morgan fingerprint density at radius 1 is 1.17 bits per heavy atom. The Bertz CT molecular complexity index is 1080. The molecule has 0 aliphatic carbocycles. The summed E-state index contributed by atoms with van der Waals surface area (Å²) < 4.78 is 12.8. The number of rotatable bonds is 8. The number of aryl methyl sites for hydroxylation is 3. The molecule has 9 nitrogen and oxygen atoms in total. The van der Waals surface area contributed by atoms with E-state index in [2.05, 4.69) is 10.4 Å². The molecule has 0 bridgehead atoms. The maximum absolute atomic E-state index is 12.4. The monoisotopic (exact) mass is 410 g/mol. The van der Waals surface area contributed by atoms with Gasteiger partial charge in [0, 0.05) is 30.8 Å². The van der Waals surface area contributed by atoms with Gasteiger partial charge in [-0.05, 0) is 32.0 Å². The third kappa shape index (κ3) is 5.13. The molecule has 0 fully saturated rings. The van der Waals surface area contributed by atoms with E-state index in [1.165, 1.54) is 25.3 Å². The lowest BCUT2D eigenvalue weighted by atomic mass is 10.2. The number of benzene rings is 2. The van der Waals surface area contributed by atoms with Gasteiger partial charge in [-0.1, -0.05) is 12.1 Å². The van der Waals surface area contributed by atoms with Crippen LogP contribution in [0.25, 0.3) is 0 Å². The van der Waals surface area contributed by atoms with Crippen LogP contribution in [0, 0.1) is 24.0 Å². The first kappa shape index (κ1) is 20.8. The molecule has 0 atom stereocenters. The lowest BCUT2D eigenvalue weighted by Crippen LogP contribution is -2.15. The molecule has 2 aromatic carbocycles. The minimum atomic E-state index is -0.541. The molecule has 1 aromatic heterocycles. The Morgan fingerprint density at radius 2 is 1.90 bits per heavy atom. The topological polar surface area (TPSA) is 109 Å². The van der Waals surface area contributed by atoms with Gasteiger partial charge in [0.15, 0.2) is 11.5 Å². The number of amides is 1. The van der Waals surface area contributed by atoms with Crippen molar-refractivity contribution in [2.75, 3.05) is 12.4 Å². The van der Waals surface area contributed by atoms with Crippen molar-refractivity contribution in [3.63, 3.8) is 0 Å². The van der Waals surface area contributed by atoms with Gasteiger partial charge < -0.3 is 14.8 Å². The fourth-order valence-electron chi connectivity index (χ4n) is 2.98. The van der Waals surface area contributed by atoms with Gasteiger partial charge in [-0.25, -0.2) is 0 Å². The van der Waals surface area contributed by atoms with Crippen LogP contribution in [0.3, 0.4) is 0 Å². The number of non-ortho nitro benzene ring substituents is 1. The van der Waals surface area contributed by atoms with E-state index in [0.717, 1.165) is 11.4 Å². The number of anilines is 1. The molecule has 0 saturated carbocycles. The number of ether oxygens (including phenoxy) is 2. The number of hydrogen-bond acceptors (Lipinski definition) is 6. The van der Waals surface area contributed by atoms with Gasteiger partial charge >= 0.3 is 0 Å². The summed E-state index contributed by atoms with van der Waals surface area (Å²) in [7, 11) is 1.50. The highest BCUT2D eigenvalue weighted by atomic mass is 16.6. The lowest BCUT2D eigenvalue weighted by Gasteiger charge is -2.12. The summed E-state index contributed by atoms with van der Waals surface area (Å²) >= 11 is 0. The van der Waals surface area contributed by atoms with E-state index in [1.54, 1.807) is 28.9 Å². The molecule has 1 heterocycles. The Hall–Kier alpha value is -3.88. The molecule has 0 aliphatic rings. The number of aromatic nitrogens is 2. The maximum atomic E-state index is 12.4. The van der Waals surface area contributed by atoms with Gasteiger partial charge in [0.1, 0.15) is 5.75 Å². The first-order valence-corrected chi connectivity index (χ1v) is 9.27. The standard InChI is InChI=1S/C21H22N4O5/c1-14-10-15(2)24(23-14)9-8-21(26)22-16-11-17(25(27)28)13-18(12-16)30-20-7-5-4-6-19(20)29-3/h4-7,10-13H,8-9H2,1-3H3,(H,22,26). The van der Waals surface area contributed by atoms with Crippen molar-refractivity contribution < 1.29 is 19.2 Å². The fraction of sp³-hybridized carbons (Fsp3) is 0.238. The van der Waals surface area contributed by atoms with Crippen LogP contribution in [0.4, 0.5) is 11.4 Å². The predicted molar refractivity (Wildman–Crippen MR) is 111 cm³/mol. The molecule has 3 rings (SSSR count). The van der Waals surface area contributed by atoms with E-state index in [9.17, 15) is 14.9 Å². The zero-order valence-corrected chi connectivity index (χ0v) is 16.9. The Balaban J connectivity index is 1.76. The van der Waals surface area contributed by atoms with Crippen molar-refractivity contribution in [3.05, 3.63) is 70.0 Å². The van der Waals surface area contributed by atoms with Crippen LogP contribution in [-0.4, -0.2) is 27.7 Å². The third-order valence-electron chi connectivity index (χ3n) is 4.34. The van der Waals surface area contributed by atoms with Crippen LogP contribution in [0.1, 0.15) is 17.8 Å². The Labute approximate surface area is 173 Å². The van der Waals surface area contributed by atoms with E-state index in [-0.39, 0.29) is 29.5 Å². The van der Waals surface area contributed by atoms with Crippen molar-refractivity contribution in [2.24, 2.45) is 0 Å². The average Bonchev–Trinajstić information content (AvgIpc) is 3.03. The molecule has 0 aliphatic heterocycles. The smallest absolute Gasteiger partial charge is 0.275 e. The average molecular weight is 410 g/mol. The normalized spacial score (nSPS) is 10.5. The van der Waals surface area contributed by atoms with Crippen LogP contribution < -0.4 is 14.8 Å². The quantitative estimate of drug-likeness (QED) is 0.439. The van der Waals surface area contributed by atoms with Crippen LogP contribution in [0.2, 0.25) is 0 Å². The summed E-state index contributed by atoms with van der Waals surface area (Å²) in [5, 5.41) is 18.3. The predicted octanol–water partition coefficient (Wildman–Crippen LogP) is 4.24. The summed E-state index contributed by atoms with van der Waals surface area (Å²) in [4.78, 5) is 23.1. The first-order chi connectivity index (χ1) is 14.4. The fourth-order valence-corrected chi connectivity index (χ4v) is 2.98. The number of nitrogens with one attached hydrogen (secondary N) is 1. The maximum Gasteiger partial charge on any atom is 0.275 e. The molecule has 0 saturated heterocycles. The van der Waals surface area contributed by atoms with Gasteiger partial charge in [0.25, 0.3) is 5.69 Å². The van der Waals surface area contributed by atoms with Crippen LogP contribution in [0.15, 0.2) is 48.5 Å². The minimum Gasteiger partial charge on any atom is -0.493 e. The molecular weight excluding hydrogens is 388 g/mol. The molecule has 0 unspecified atom stereocenters.